The van der Waals surface area contributed by atoms with Gasteiger partial charge in [0.25, 0.3) is 0 Å². The van der Waals surface area contributed by atoms with Crippen LogP contribution in [0.2, 0.25) is 0 Å². The summed E-state index contributed by atoms with van der Waals surface area (Å²) in [5.74, 6) is 2.63. The van der Waals surface area contributed by atoms with Crippen LogP contribution in [0.15, 0.2) is 18.5 Å². The number of piperidine rings is 1. The van der Waals surface area contributed by atoms with E-state index in [-0.39, 0.29) is 17.9 Å². The number of nitrogens with zero attached hydrogens (tertiary/aromatic N) is 8. The van der Waals surface area contributed by atoms with E-state index in [2.05, 4.69) is 25.1 Å². The van der Waals surface area contributed by atoms with Crippen molar-refractivity contribution in [1.82, 2.24) is 33.9 Å². The Morgan fingerprint density at radius 1 is 1.03 bits per heavy atom. The quantitative estimate of drug-likeness (QED) is 0.595. The fourth-order valence-corrected chi connectivity index (χ4v) is 5.87. The highest BCUT2D eigenvalue weighted by Crippen LogP contribution is 2.35. The lowest BCUT2D eigenvalue weighted by atomic mass is 9.97. The third-order valence-electron chi connectivity index (χ3n) is 6.75. The second kappa shape index (κ2) is 8.49. The van der Waals surface area contributed by atoms with Gasteiger partial charge in [0, 0.05) is 64.0 Å². The van der Waals surface area contributed by atoms with Crippen LogP contribution in [0.5, 0.6) is 0 Å². The van der Waals surface area contributed by atoms with Crippen LogP contribution in [0.1, 0.15) is 42.9 Å². The van der Waals surface area contributed by atoms with Gasteiger partial charge in [0.15, 0.2) is 0 Å². The Balaban J connectivity index is 1.26. The van der Waals surface area contributed by atoms with Crippen molar-refractivity contribution >= 4 is 22.3 Å². The Morgan fingerprint density at radius 2 is 1.72 bits per heavy atom. The summed E-state index contributed by atoms with van der Waals surface area (Å²) in [5, 5.41) is 8.78. The van der Waals surface area contributed by atoms with E-state index in [1.807, 2.05) is 9.47 Å². The molecule has 0 radical (unpaired) electrons. The Kier molecular flexibility index (Phi) is 5.68. The van der Waals surface area contributed by atoms with E-state index in [4.69, 9.17) is 0 Å². The van der Waals surface area contributed by atoms with Crippen LogP contribution >= 0.6 is 0 Å². The van der Waals surface area contributed by atoms with Gasteiger partial charge < -0.3 is 18.9 Å². The molecule has 0 spiro atoms. The first-order valence-corrected chi connectivity index (χ1v) is 13.0. The van der Waals surface area contributed by atoms with Crippen molar-refractivity contribution in [2.24, 2.45) is 0 Å². The van der Waals surface area contributed by atoms with Gasteiger partial charge in [0.05, 0.1) is 0 Å². The normalized spacial score (nSPS) is 24.4. The van der Waals surface area contributed by atoms with Crippen LogP contribution in [0.4, 0.5) is 5.95 Å². The first kappa shape index (κ1) is 21.4. The van der Waals surface area contributed by atoms with Gasteiger partial charge in [-0.05, 0) is 25.3 Å². The summed E-state index contributed by atoms with van der Waals surface area (Å²) >= 11 is 0. The Labute approximate surface area is 188 Å². The average Bonchev–Trinajstić information content (AvgIpc) is 3.41. The zero-order valence-corrected chi connectivity index (χ0v) is 19.0. The number of hydrogen-bond acceptors (Lipinski definition) is 8. The minimum absolute atomic E-state index is 0.118. The van der Waals surface area contributed by atoms with Gasteiger partial charge in [-0.15, -0.1) is 14.5 Å². The Hall–Kier alpha value is -2.44. The molecular formula is C20H28N8O3S. The molecule has 2 unspecified atom stereocenters. The van der Waals surface area contributed by atoms with Crippen molar-refractivity contribution < 1.29 is 13.6 Å². The molecule has 11 nitrogen and oxygen atoms in total. The highest BCUT2D eigenvalue weighted by molar-refractivity contribution is 7.94. The number of aryl methyl sites for hydroxylation is 1. The molecule has 2 aromatic rings. The lowest BCUT2D eigenvalue weighted by Gasteiger charge is -2.36. The maximum absolute atomic E-state index is 13.4. The zero-order chi connectivity index (χ0) is 22.3. The molecule has 0 aliphatic carbocycles. The van der Waals surface area contributed by atoms with Gasteiger partial charge in [-0.2, -0.15) is 0 Å². The van der Waals surface area contributed by atoms with Crippen LogP contribution in [0, 0.1) is 0 Å². The third-order valence-corrected chi connectivity index (χ3v) is 8.05. The van der Waals surface area contributed by atoms with Crippen molar-refractivity contribution in [3.05, 3.63) is 30.1 Å². The van der Waals surface area contributed by atoms with Gasteiger partial charge in [0.1, 0.15) is 34.3 Å². The van der Waals surface area contributed by atoms with E-state index in [0.29, 0.717) is 58.1 Å². The summed E-state index contributed by atoms with van der Waals surface area (Å²) in [6, 6.07) is 1.52. The van der Waals surface area contributed by atoms with E-state index in [9.17, 15) is 13.6 Å². The van der Waals surface area contributed by atoms with Gasteiger partial charge in [0.2, 0.25) is 11.9 Å². The highest BCUT2D eigenvalue weighted by atomic mass is 32.3. The lowest BCUT2D eigenvalue weighted by molar-refractivity contribution is -0.135. The lowest BCUT2D eigenvalue weighted by Crippen LogP contribution is -2.51. The fraction of sp³-hybridized carbons (Fsp3) is 0.650. The van der Waals surface area contributed by atoms with Crippen LogP contribution < -0.4 is 4.90 Å². The molecule has 1 amide bonds. The molecule has 2 saturated heterocycles. The molecule has 0 N–H and O–H groups in total. The Morgan fingerprint density at radius 3 is 2.38 bits per heavy atom. The molecule has 5 heterocycles. The maximum atomic E-state index is 13.4. The predicted molar refractivity (Wildman–Crippen MR) is 117 cm³/mol. The molecule has 12 heteroatoms. The van der Waals surface area contributed by atoms with E-state index < -0.39 is 10.4 Å². The van der Waals surface area contributed by atoms with Crippen molar-refractivity contribution in [3.63, 3.8) is 0 Å². The van der Waals surface area contributed by atoms with Crippen LogP contribution in [0.3, 0.4) is 0 Å². The fourth-order valence-electron chi connectivity index (χ4n) is 4.99. The van der Waals surface area contributed by atoms with Crippen LogP contribution in [-0.2, 0) is 25.8 Å². The van der Waals surface area contributed by atoms with Crippen molar-refractivity contribution in [2.45, 2.75) is 37.6 Å². The SMILES string of the molecule is C[S+](=O)([O-])N1CCC(c2nnc3n2C(C(=O)N2CCN(c4ncccn4)CC2)CC3)CC1. The van der Waals surface area contributed by atoms with Crippen LogP contribution in [0.25, 0.3) is 0 Å². The van der Waals surface area contributed by atoms with Crippen molar-refractivity contribution in [2.75, 3.05) is 50.4 Å². The topological polar surface area (TPSA) is 123 Å². The molecule has 3 aliphatic rings. The first-order valence-electron chi connectivity index (χ1n) is 11.1. The standard InChI is InChI=1S/C20H28N8O3S/c1-32(30,31)27-9-5-15(6-10-27)18-24-23-17-4-3-16(28(17)18)19(29)25-11-13-26(14-12-25)20-21-7-2-8-22-20/h2,7-8,15-16H,3-6,9-14H2,1H3. The third kappa shape index (κ3) is 4.02. The number of hydrogen-bond donors (Lipinski definition) is 0. The average molecular weight is 461 g/mol. The largest absolute Gasteiger partial charge is 0.598 e. The number of carbonyl (C=O) groups is 1. The van der Waals surface area contributed by atoms with E-state index in [0.717, 1.165) is 24.5 Å². The van der Waals surface area contributed by atoms with Crippen LogP contribution in [-0.4, -0.2) is 89.9 Å². The van der Waals surface area contributed by atoms with E-state index in [1.54, 1.807) is 18.5 Å². The molecule has 172 valence electrons. The van der Waals surface area contributed by atoms with Gasteiger partial charge in [-0.3, -0.25) is 4.79 Å². The number of aromatic nitrogens is 5. The second-order valence-corrected chi connectivity index (χ2v) is 10.7. The summed E-state index contributed by atoms with van der Waals surface area (Å²) in [5.41, 5.74) is 0. The molecule has 0 saturated carbocycles. The number of carbonyl (C=O) groups excluding carboxylic acids is 1. The van der Waals surface area contributed by atoms with E-state index >= 15 is 0 Å². The molecule has 2 fully saturated rings. The molecule has 2 atom stereocenters. The van der Waals surface area contributed by atoms with E-state index in [1.165, 1.54) is 10.6 Å². The van der Waals surface area contributed by atoms with Gasteiger partial charge in [-0.25, -0.2) is 9.97 Å². The first-order chi connectivity index (χ1) is 15.4. The summed E-state index contributed by atoms with van der Waals surface area (Å²) < 4.78 is 27.2. The minimum atomic E-state index is -3.18. The number of amides is 1. The molecule has 2 aromatic heterocycles. The molecule has 32 heavy (non-hydrogen) atoms. The highest BCUT2D eigenvalue weighted by Gasteiger charge is 2.39. The number of sulfonamides is 1. The summed E-state index contributed by atoms with van der Waals surface area (Å²) in [6.45, 7) is 3.63. The maximum Gasteiger partial charge on any atom is 0.245 e. The molecule has 5 rings (SSSR count). The molecule has 0 bridgehead atoms. The molecule has 3 aliphatic heterocycles. The van der Waals surface area contributed by atoms with Crippen molar-refractivity contribution in [3.8, 4) is 0 Å². The second-order valence-electron chi connectivity index (χ2n) is 8.70. The number of fused-ring (bicyclic) bond motifs is 1. The minimum Gasteiger partial charge on any atom is -0.598 e. The number of rotatable bonds is 4. The summed E-state index contributed by atoms with van der Waals surface area (Å²) in [6.07, 6.45) is 7.58. The van der Waals surface area contributed by atoms with Gasteiger partial charge in [-0.1, -0.05) is 4.21 Å². The van der Waals surface area contributed by atoms with Crippen molar-refractivity contribution in [1.29, 1.82) is 0 Å². The van der Waals surface area contributed by atoms with Gasteiger partial charge >= 0.3 is 0 Å². The number of anilines is 1. The molecular weight excluding hydrogens is 432 g/mol. The number of piperazine rings is 1. The smallest absolute Gasteiger partial charge is 0.245 e. The Bertz CT molecular complexity index is 1010. The zero-order valence-electron chi connectivity index (χ0n) is 18.2. The molecule has 0 aromatic carbocycles. The summed E-state index contributed by atoms with van der Waals surface area (Å²) in [7, 11) is -3.18. The summed E-state index contributed by atoms with van der Waals surface area (Å²) in [4.78, 5) is 26.1. The predicted octanol–water partition coefficient (Wildman–Crippen LogP) is 0.258. The monoisotopic (exact) mass is 460 g/mol.